The number of benzene rings is 1. The van der Waals surface area contributed by atoms with Crippen LogP contribution < -0.4 is 5.32 Å². The van der Waals surface area contributed by atoms with Crippen molar-refractivity contribution >= 4 is 5.91 Å². The number of fused-ring (bicyclic) bond motifs is 1. The van der Waals surface area contributed by atoms with Gasteiger partial charge in [0.1, 0.15) is 0 Å². The lowest BCUT2D eigenvalue weighted by atomic mass is 10.0. The van der Waals surface area contributed by atoms with E-state index in [2.05, 4.69) is 10.4 Å². The number of aromatic nitrogens is 2. The first-order chi connectivity index (χ1) is 11.9. The highest BCUT2D eigenvalue weighted by atomic mass is 19.4. The lowest BCUT2D eigenvalue weighted by Crippen LogP contribution is -2.32. The number of likely N-dealkylation sites (tertiary alicyclic amines) is 1. The van der Waals surface area contributed by atoms with Gasteiger partial charge in [0, 0.05) is 32.4 Å². The molecule has 1 aromatic heterocycles. The molecule has 0 aliphatic carbocycles. The molecule has 5 nitrogen and oxygen atoms in total. The van der Waals surface area contributed by atoms with Crippen LogP contribution in [0.1, 0.15) is 16.1 Å². The molecule has 0 radical (unpaired) electrons. The normalized spacial score (nSPS) is 23.1. The van der Waals surface area contributed by atoms with Crippen molar-refractivity contribution in [1.82, 2.24) is 20.0 Å². The topological polar surface area (TPSA) is 50.2 Å². The maximum Gasteiger partial charge on any atom is 0.416 e. The zero-order chi connectivity index (χ0) is 17.6. The fraction of sp³-hybridized carbons (Fsp3) is 0.412. The molecular formula is C17H17F3N4O. The number of hydrogen-bond donors (Lipinski definition) is 1. The van der Waals surface area contributed by atoms with Gasteiger partial charge in [-0.3, -0.25) is 4.79 Å². The van der Waals surface area contributed by atoms with E-state index in [1.807, 2.05) is 0 Å². The summed E-state index contributed by atoms with van der Waals surface area (Å²) in [6.45, 7) is 3.25. The third kappa shape index (κ3) is 3.02. The van der Waals surface area contributed by atoms with Gasteiger partial charge in [-0.25, -0.2) is 4.68 Å². The molecule has 2 aliphatic rings. The van der Waals surface area contributed by atoms with Crippen molar-refractivity contribution in [2.24, 2.45) is 11.8 Å². The van der Waals surface area contributed by atoms with E-state index >= 15 is 0 Å². The summed E-state index contributed by atoms with van der Waals surface area (Å²) in [5, 5.41) is 7.50. The summed E-state index contributed by atoms with van der Waals surface area (Å²) in [5.74, 6) is 0.795. The Kier molecular flexibility index (Phi) is 3.79. The van der Waals surface area contributed by atoms with E-state index in [9.17, 15) is 18.0 Å². The van der Waals surface area contributed by atoms with Crippen LogP contribution in [0.4, 0.5) is 13.2 Å². The molecule has 2 saturated heterocycles. The van der Waals surface area contributed by atoms with Crippen LogP contribution in [0.25, 0.3) is 5.69 Å². The Labute approximate surface area is 142 Å². The van der Waals surface area contributed by atoms with Crippen molar-refractivity contribution < 1.29 is 18.0 Å². The van der Waals surface area contributed by atoms with Crippen molar-refractivity contribution in [3.05, 3.63) is 47.8 Å². The maximum atomic E-state index is 12.8. The van der Waals surface area contributed by atoms with Crippen LogP contribution in [0, 0.1) is 11.8 Å². The Morgan fingerprint density at radius 3 is 2.56 bits per heavy atom. The first-order valence-electron chi connectivity index (χ1n) is 8.15. The zero-order valence-electron chi connectivity index (χ0n) is 13.3. The summed E-state index contributed by atoms with van der Waals surface area (Å²) in [7, 11) is 0. The minimum absolute atomic E-state index is 0.167. The number of nitrogens with one attached hydrogen (secondary N) is 1. The summed E-state index contributed by atoms with van der Waals surface area (Å²) in [4.78, 5) is 14.4. The molecule has 0 saturated carbocycles. The monoisotopic (exact) mass is 350 g/mol. The summed E-state index contributed by atoms with van der Waals surface area (Å²) >= 11 is 0. The number of hydrogen-bond acceptors (Lipinski definition) is 3. The third-order valence-electron chi connectivity index (χ3n) is 4.92. The van der Waals surface area contributed by atoms with E-state index in [1.165, 1.54) is 23.0 Å². The molecule has 1 aromatic carbocycles. The van der Waals surface area contributed by atoms with Crippen LogP contribution in [0.2, 0.25) is 0 Å². The van der Waals surface area contributed by atoms with E-state index in [0.29, 0.717) is 24.9 Å². The Hall–Kier alpha value is -2.35. The van der Waals surface area contributed by atoms with E-state index in [-0.39, 0.29) is 17.3 Å². The Balaban J connectivity index is 1.53. The van der Waals surface area contributed by atoms with Gasteiger partial charge < -0.3 is 10.2 Å². The minimum atomic E-state index is -4.41. The minimum Gasteiger partial charge on any atom is -0.337 e. The largest absolute Gasteiger partial charge is 0.416 e. The maximum absolute atomic E-state index is 12.8. The number of carbonyl (C=O) groups is 1. The average molecular weight is 350 g/mol. The van der Waals surface area contributed by atoms with Gasteiger partial charge >= 0.3 is 6.18 Å². The number of rotatable bonds is 2. The quantitative estimate of drug-likeness (QED) is 0.903. The highest BCUT2D eigenvalue weighted by Gasteiger charge is 2.38. The predicted molar refractivity (Wildman–Crippen MR) is 84.3 cm³/mol. The molecule has 132 valence electrons. The van der Waals surface area contributed by atoms with Crippen molar-refractivity contribution in [2.45, 2.75) is 6.18 Å². The Morgan fingerprint density at radius 2 is 1.88 bits per heavy atom. The standard InChI is InChI=1S/C17H17F3N4O/c18-17(19,20)13-2-1-3-14(6-13)24-5-4-15(22-24)16(25)23-9-11-7-21-8-12(11)10-23/h1-6,11-12,21H,7-10H2/t11-,12+. The number of nitrogens with zero attached hydrogens (tertiary/aromatic N) is 3. The molecule has 0 unspecified atom stereocenters. The average Bonchev–Trinajstić information content (AvgIpc) is 3.29. The number of alkyl halides is 3. The molecule has 25 heavy (non-hydrogen) atoms. The van der Waals surface area contributed by atoms with Crippen molar-refractivity contribution in [1.29, 1.82) is 0 Å². The molecule has 0 spiro atoms. The molecule has 1 amide bonds. The molecule has 3 heterocycles. The van der Waals surface area contributed by atoms with Gasteiger partial charge in [-0.15, -0.1) is 0 Å². The second kappa shape index (κ2) is 5.87. The van der Waals surface area contributed by atoms with Crippen LogP contribution in [0.3, 0.4) is 0 Å². The summed E-state index contributed by atoms with van der Waals surface area (Å²) in [6.07, 6.45) is -2.90. The smallest absolute Gasteiger partial charge is 0.337 e. The molecule has 2 fully saturated rings. The molecule has 4 rings (SSSR count). The molecule has 8 heteroatoms. The Morgan fingerprint density at radius 1 is 1.16 bits per heavy atom. The second-order valence-corrected chi connectivity index (χ2v) is 6.58. The van der Waals surface area contributed by atoms with Gasteiger partial charge in [0.2, 0.25) is 0 Å². The van der Waals surface area contributed by atoms with Gasteiger partial charge in [0.25, 0.3) is 5.91 Å². The molecule has 0 bridgehead atoms. The van der Waals surface area contributed by atoms with Crippen molar-refractivity contribution in [3.63, 3.8) is 0 Å². The first kappa shape index (κ1) is 16.1. The summed E-state index contributed by atoms with van der Waals surface area (Å²) < 4.78 is 39.8. The van der Waals surface area contributed by atoms with E-state index < -0.39 is 11.7 Å². The fourth-order valence-electron chi connectivity index (χ4n) is 3.59. The highest BCUT2D eigenvalue weighted by Crippen LogP contribution is 2.30. The van der Waals surface area contributed by atoms with Crippen molar-refractivity contribution in [2.75, 3.05) is 26.2 Å². The van der Waals surface area contributed by atoms with Gasteiger partial charge in [-0.1, -0.05) is 6.07 Å². The van der Waals surface area contributed by atoms with Crippen molar-refractivity contribution in [3.8, 4) is 5.69 Å². The fourth-order valence-corrected chi connectivity index (χ4v) is 3.59. The Bertz CT molecular complexity index is 789. The number of carbonyl (C=O) groups excluding carboxylic acids is 1. The molecular weight excluding hydrogens is 333 g/mol. The van der Waals surface area contributed by atoms with Gasteiger partial charge in [0.05, 0.1) is 11.3 Å². The van der Waals surface area contributed by atoms with Gasteiger partial charge in [-0.05, 0) is 36.1 Å². The second-order valence-electron chi connectivity index (χ2n) is 6.58. The van der Waals surface area contributed by atoms with Gasteiger partial charge in [0.15, 0.2) is 5.69 Å². The van der Waals surface area contributed by atoms with Gasteiger partial charge in [-0.2, -0.15) is 18.3 Å². The molecule has 2 aliphatic heterocycles. The molecule has 1 N–H and O–H groups in total. The third-order valence-corrected chi connectivity index (χ3v) is 4.92. The van der Waals surface area contributed by atoms with Crippen LogP contribution in [0.15, 0.2) is 36.5 Å². The van der Waals surface area contributed by atoms with E-state index in [1.54, 1.807) is 11.0 Å². The summed E-state index contributed by atoms with van der Waals surface area (Å²) in [6, 6.07) is 6.44. The van der Waals surface area contributed by atoms with Crippen LogP contribution in [-0.2, 0) is 6.18 Å². The first-order valence-corrected chi connectivity index (χ1v) is 8.15. The summed E-state index contributed by atoms with van der Waals surface area (Å²) in [5.41, 5.74) is -0.213. The number of amides is 1. The van der Waals surface area contributed by atoms with E-state index in [4.69, 9.17) is 0 Å². The van der Waals surface area contributed by atoms with E-state index in [0.717, 1.165) is 25.2 Å². The lowest BCUT2D eigenvalue weighted by molar-refractivity contribution is -0.137. The molecule has 2 aromatic rings. The lowest BCUT2D eigenvalue weighted by Gasteiger charge is -2.15. The SMILES string of the molecule is O=C(c1ccn(-c2cccc(C(F)(F)F)c2)n1)N1C[C@H]2CNC[C@H]2C1. The van der Waals surface area contributed by atoms with Crippen LogP contribution in [0.5, 0.6) is 0 Å². The predicted octanol–water partition coefficient (Wildman–Crippen LogP) is 2.18. The highest BCUT2D eigenvalue weighted by molar-refractivity contribution is 5.92. The zero-order valence-corrected chi connectivity index (χ0v) is 13.3. The van der Waals surface area contributed by atoms with Crippen LogP contribution in [-0.4, -0.2) is 46.8 Å². The van der Waals surface area contributed by atoms with Crippen LogP contribution >= 0.6 is 0 Å². The molecule has 2 atom stereocenters. The number of halogens is 3.